The first-order valence-electron chi connectivity index (χ1n) is 5.65. The molecule has 2 heterocycles. The van der Waals surface area contributed by atoms with Gasteiger partial charge in [-0.15, -0.1) is 0 Å². The molecule has 0 bridgehead atoms. The van der Waals surface area contributed by atoms with E-state index in [1.54, 1.807) is 6.20 Å². The molecule has 0 unspecified atom stereocenters. The van der Waals surface area contributed by atoms with Crippen LogP contribution in [0.4, 0.5) is 11.5 Å². The first kappa shape index (κ1) is 13.6. The highest BCUT2D eigenvalue weighted by atomic mass is 79.9. The predicted molar refractivity (Wildman–Crippen MR) is 77.3 cm³/mol. The van der Waals surface area contributed by atoms with E-state index >= 15 is 0 Å². The number of pyridine rings is 1. The fourth-order valence-electron chi connectivity index (χ4n) is 2.20. The number of nitrogens with zero attached hydrogens (tertiary/aromatic N) is 3. The number of hydrogen-bond acceptors (Lipinski definition) is 5. The molecule has 1 aromatic heterocycles. The zero-order valence-electron chi connectivity index (χ0n) is 10.0. The molecule has 98 valence electrons. The van der Waals surface area contributed by atoms with Crippen LogP contribution in [-0.2, 0) is 0 Å². The Morgan fingerprint density at radius 3 is 3.17 bits per heavy atom. The second-order valence-corrected chi connectivity index (χ2v) is 6.14. The predicted octanol–water partition coefficient (Wildman–Crippen LogP) is 2.94. The van der Waals surface area contributed by atoms with Crippen molar-refractivity contribution < 1.29 is 4.92 Å². The minimum atomic E-state index is -0.366. The lowest BCUT2D eigenvalue weighted by molar-refractivity contribution is -0.384. The van der Waals surface area contributed by atoms with Crippen LogP contribution in [0.25, 0.3) is 0 Å². The van der Waals surface area contributed by atoms with Crippen molar-refractivity contribution in [1.82, 2.24) is 4.98 Å². The van der Waals surface area contributed by atoms with Crippen molar-refractivity contribution in [3.8, 4) is 0 Å². The van der Waals surface area contributed by atoms with Gasteiger partial charge >= 0.3 is 5.69 Å². The van der Waals surface area contributed by atoms with Crippen molar-refractivity contribution in [1.29, 1.82) is 0 Å². The third-order valence-corrected chi connectivity index (χ3v) is 4.24. The van der Waals surface area contributed by atoms with Crippen LogP contribution in [0.15, 0.2) is 16.7 Å². The summed E-state index contributed by atoms with van der Waals surface area (Å²) in [6.07, 6.45) is 4.78. The molecule has 1 aromatic rings. The molecule has 5 nitrogen and oxygen atoms in total. The topological polar surface area (TPSA) is 59.3 Å². The lowest BCUT2D eigenvalue weighted by Crippen LogP contribution is -2.22. The minimum absolute atomic E-state index is 0.0779. The van der Waals surface area contributed by atoms with Crippen LogP contribution in [0.1, 0.15) is 6.42 Å². The first-order valence-corrected chi connectivity index (χ1v) is 7.84. The highest BCUT2D eigenvalue weighted by Crippen LogP contribution is 2.32. The van der Waals surface area contributed by atoms with Gasteiger partial charge in [0.2, 0.25) is 5.82 Å². The van der Waals surface area contributed by atoms with Gasteiger partial charge in [-0.1, -0.05) is 0 Å². The molecule has 0 amide bonds. The SMILES string of the molecule is CSC[C@@H]1CCN(c2ncc(Br)cc2[N+](=O)[O-])C1. The quantitative estimate of drug-likeness (QED) is 0.627. The van der Waals surface area contributed by atoms with E-state index in [9.17, 15) is 10.1 Å². The molecule has 0 spiro atoms. The summed E-state index contributed by atoms with van der Waals surface area (Å²) in [7, 11) is 0. The van der Waals surface area contributed by atoms with Crippen LogP contribution >= 0.6 is 27.7 Å². The van der Waals surface area contributed by atoms with Crippen LogP contribution in [0.3, 0.4) is 0 Å². The Morgan fingerprint density at radius 1 is 1.72 bits per heavy atom. The number of nitro groups is 1. The summed E-state index contributed by atoms with van der Waals surface area (Å²) in [6.45, 7) is 1.71. The Hall–Kier alpha value is -0.820. The molecular weight excluding hydrogens is 318 g/mol. The van der Waals surface area contributed by atoms with Crippen molar-refractivity contribution in [2.24, 2.45) is 5.92 Å². The largest absolute Gasteiger partial charge is 0.351 e. The molecule has 0 saturated carbocycles. The summed E-state index contributed by atoms with van der Waals surface area (Å²) in [5.74, 6) is 2.19. The van der Waals surface area contributed by atoms with E-state index in [1.165, 1.54) is 6.07 Å². The van der Waals surface area contributed by atoms with Crippen molar-refractivity contribution in [3.05, 3.63) is 26.9 Å². The van der Waals surface area contributed by atoms with Crippen LogP contribution in [0.2, 0.25) is 0 Å². The van der Waals surface area contributed by atoms with Gasteiger partial charge in [-0.2, -0.15) is 11.8 Å². The second-order valence-electron chi connectivity index (χ2n) is 4.31. The van der Waals surface area contributed by atoms with E-state index in [2.05, 4.69) is 27.2 Å². The monoisotopic (exact) mass is 331 g/mol. The third-order valence-electron chi connectivity index (χ3n) is 3.00. The van der Waals surface area contributed by atoms with E-state index in [0.29, 0.717) is 16.2 Å². The molecule has 1 atom stereocenters. The smallest absolute Gasteiger partial charge is 0.312 e. The number of aromatic nitrogens is 1. The summed E-state index contributed by atoms with van der Waals surface area (Å²) in [5.41, 5.74) is 0.0779. The average Bonchev–Trinajstić information content (AvgIpc) is 2.78. The van der Waals surface area contributed by atoms with Gasteiger partial charge in [0.1, 0.15) is 0 Å². The van der Waals surface area contributed by atoms with Gasteiger partial charge in [0.15, 0.2) is 0 Å². The number of halogens is 1. The maximum absolute atomic E-state index is 11.1. The van der Waals surface area contributed by atoms with Gasteiger partial charge in [-0.05, 0) is 40.3 Å². The number of thioether (sulfide) groups is 1. The van der Waals surface area contributed by atoms with E-state index in [1.807, 2.05) is 16.7 Å². The van der Waals surface area contributed by atoms with Crippen LogP contribution < -0.4 is 4.90 Å². The third kappa shape index (κ3) is 2.95. The number of rotatable bonds is 4. The molecule has 0 N–H and O–H groups in total. The van der Waals surface area contributed by atoms with Crippen molar-refractivity contribution in [3.63, 3.8) is 0 Å². The Morgan fingerprint density at radius 2 is 2.50 bits per heavy atom. The summed E-state index contributed by atoms with van der Waals surface area (Å²) in [4.78, 5) is 16.9. The fourth-order valence-corrected chi connectivity index (χ4v) is 3.26. The van der Waals surface area contributed by atoms with E-state index in [-0.39, 0.29) is 10.6 Å². The standard InChI is InChI=1S/C11H14BrN3O2S/c1-18-7-8-2-3-14(6-8)11-10(15(16)17)4-9(12)5-13-11/h4-5,8H,2-3,6-7H2,1H3/t8-/m1/s1. The van der Waals surface area contributed by atoms with Gasteiger partial charge in [-0.25, -0.2) is 4.98 Å². The molecule has 7 heteroatoms. The van der Waals surface area contributed by atoms with Crippen molar-refractivity contribution in [2.45, 2.75) is 6.42 Å². The number of hydrogen-bond donors (Lipinski definition) is 0. The number of anilines is 1. The van der Waals surface area contributed by atoms with Crippen LogP contribution in [0, 0.1) is 16.0 Å². The molecule has 18 heavy (non-hydrogen) atoms. The Labute approximate surface area is 118 Å². The second kappa shape index (κ2) is 5.88. The summed E-state index contributed by atoms with van der Waals surface area (Å²) in [6, 6.07) is 1.52. The average molecular weight is 332 g/mol. The molecule has 2 rings (SSSR count). The van der Waals surface area contributed by atoms with Gasteiger partial charge in [0, 0.05) is 29.8 Å². The summed E-state index contributed by atoms with van der Waals surface area (Å²) >= 11 is 5.04. The van der Waals surface area contributed by atoms with Gasteiger partial charge in [-0.3, -0.25) is 10.1 Å². The molecular formula is C11H14BrN3O2S. The zero-order chi connectivity index (χ0) is 13.1. The highest BCUT2D eigenvalue weighted by molar-refractivity contribution is 9.10. The fraction of sp³-hybridized carbons (Fsp3) is 0.545. The highest BCUT2D eigenvalue weighted by Gasteiger charge is 2.28. The van der Waals surface area contributed by atoms with Gasteiger partial charge in [0.25, 0.3) is 0 Å². The van der Waals surface area contributed by atoms with E-state index in [0.717, 1.165) is 25.3 Å². The Kier molecular flexibility index (Phi) is 4.45. The zero-order valence-corrected chi connectivity index (χ0v) is 12.4. The van der Waals surface area contributed by atoms with Crippen LogP contribution in [-0.4, -0.2) is 35.0 Å². The molecule has 0 radical (unpaired) electrons. The molecule has 1 aliphatic heterocycles. The summed E-state index contributed by atoms with van der Waals surface area (Å²) < 4.78 is 0.637. The van der Waals surface area contributed by atoms with Gasteiger partial charge in [0.05, 0.1) is 4.92 Å². The van der Waals surface area contributed by atoms with Crippen molar-refractivity contribution in [2.75, 3.05) is 30.0 Å². The van der Waals surface area contributed by atoms with E-state index in [4.69, 9.17) is 0 Å². The molecule has 0 aliphatic carbocycles. The maximum Gasteiger partial charge on any atom is 0.312 e. The molecule has 0 aromatic carbocycles. The lowest BCUT2D eigenvalue weighted by Gasteiger charge is -2.17. The van der Waals surface area contributed by atoms with Crippen molar-refractivity contribution >= 4 is 39.2 Å². The minimum Gasteiger partial charge on any atom is -0.351 e. The molecule has 1 fully saturated rings. The molecule has 1 aliphatic rings. The summed E-state index contributed by atoms with van der Waals surface area (Å²) in [5, 5.41) is 11.1. The Balaban J connectivity index is 2.21. The first-order chi connectivity index (χ1) is 8.61. The normalized spacial score (nSPS) is 19.2. The molecule has 1 saturated heterocycles. The lowest BCUT2D eigenvalue weighted by atomic mass is 10.2. The van der Waals surface area contributed by atoms with Gasteiger partial charge < -0.3 is 4.90 Å². The van der Waals surface area contributed by atoms with E-state index < -0.39 is 0 Å². The van der Waals surface area contributed by atoms with Crippen LogP contribution in [0.5, 0.6) is 0 Å². The Bertz CT molecular complexity index is 458. The maximum atomic E-state index is 11.1.